The first-order chi connectivity index (χ1) is 10.7. The van der Waals surface area contributed by atoms with Crippen LogP contribution in [0, 0.1) is 4.91 Å². The molecule has 0 atom stereocenters. The van der Waals surface area contributed by atoms with Crippen molar-refractivity contribution in [2.75, 3.05) is 25.6 Å². The summed E-state index contributed by atoms with van der Waals surface area (Å²) < 4.78 is 5.32. The van der Waals surface area contributed by atoms with E-state index in [9.17, 15) is 4.91 Å². The first-order valence-corrected chi connectivity index (χ1v) is 7.17. The van der Waals surface area contributed by atoms with Gasteiger partial charge in [-0.25, -0.2) is 5.21 Å². The summed E-state index contributed by atoms with van der Waals surface area (Å²) in [6, 6.07) is 7.77. The standard InChI is InChI=1S/C15H20N3O4/c1-21-14-7-5-6-12-13(8-10-17-15(12)14)16-9-3-2-4-11-22-18(19)20/h5-8,10H,2-4,9,11H2,1H3,(H,16,17)(H,19,20)/q+1. The van der Waals surface area contributed by atoms with Gasteiger partial charge in [-0.1, -0.05) is 12.1 Å². The molecule has 1 aromatic carbocycles. The van der Waals surface area contributed by atoms with Crippen molar-refractivity contribution in [3.63, 3.8) is 0 Å². The van der Waals surface area contributed by atoms with Crippen LogP contribution in [0.4, 0.5) is 5.69 Å². The number of unbranched alkanes of at least 4 members (excludes halogenated alkanes) is 2. The van der Waals surface area contributed by atoms with Crippen LogP contribution in [-0.4, -0.2) is 35.5 Å². The van der Waals surface area contributed by atoms with E-state index in [4.69, 9.17) is 9.94 Å². The first-order valence-electron chi connectivity index (χ1n) is 7.17. The zero-order valence-electron chi connectivity index (χ0n) is 12.5. The summed E-state index contributed by atoms with van der Waals surface area (Å²) in [4.78, 5) is 18.9. The second-order valence-electron chi connectivity index (χ2n) is 4.77. The van der Waals surface area contributed by atoms with E-state index < -0.39 is 5.09 Å². The highest BCUT2D eigenvalue weighted by atomic mass is 16.9. The number of aromatic nitrogens is 1. The van der Waals surface area contributed by atoms with Crippen LogP contribution >= 0.6 is 0 Å². The van der Waals surface area contributed by atoms with E-state index in [0.29, 0.717) is 6.42 Å². The lowest BCUT2D eigenvalue weighted by Gasteiger charge is -2.11. The molecule has 22 heavy (non-hydrogen) atoms. The van der Waals surface area contributed by atoms with Gasteiger partial charge in [0.1, 0.15) is 16.2 Å². The summed E-state index contributed by atoms with van der Waals surface area (Å²) in [6.07, 6.45) is 4.30. The van der Waals surface area contributed by atoms with Crippen LogP contribution in [0.15, 0.2) is 30.5 Å². The zero-order valence-corrected chi connectivity index (χ0v) is 12.5. The molecule has 0 radical (unpaired) electrons. The average Bonchev–Trinajstić information content (AvgIpc) is 2.53. The minimum Gasteiger partial charge on any atom is -0.494 e. The summed E-state index contributed by atoms with van der Waals surface area (Å²) in [5.74, 6) is 0.754. The van der Waals surface area contributed by atoms with Crippen molar-refractivity contribution in [3.05, 3.63) is 35.4 Å². The van der Waals surface area contributed by atoms with Gasteiger partial charge in [-0.3, -0.25) is 4.98 Å². The number of ether oxygens (including phenoxy) is 1. The Balaban J connectivity index is 1.86. The van der Waals surface area contributed by atoms with Gasteiger partial charge in [-0.2, -0.15) is 4.84 Å². The largest absolute Gasteiger partial charge is 0.494 e. The molecule has 0 spiro atoms. The molecular formula is C15H20N3O4+. The maximum atomic E-state index is 10.1. The minimum atomic E-state index is -0.505. The van der Waals surface area contributed by atoms with Gasteiger partial charge in [-0.05, 0) is 31.4 Å². The SMILES string of the molecule is COc1cccc2c(NCCCCCO[N+](=O)O)ccnc12. The van der Waals surface area contributed by atoms with E-state index in [0.717, 1.165) is 41.7 Å². The van der Waals surface area contributed by atoms with Crippen molar-refractivity contribution in [3.8, 4) is 5.75 Å². The number of benzene rings is 1. The number of fused-ring (bicyclic) bond motifs is 1. The molecule has 1 aromatic heterocycles. The van der Waals surface area contributed by atoms with E-state index in [2.05, 4.69) is 15.1 Å². The smallest absolute Gasteiger partial charge is 0.475 e. The van der Waals surface area contributed by atoms with E-state index in [-0.39, 0.29) is 6.61 Å². The van der Waals surface area contributed by atoms with Crippen LogP contribution in [0.3, 0.4) is 0 Å². The van der Waals surface area contributed by atoms with E-state index in [1.807, 2.05) is 24.3 Å². The number of rotatable bonds is 9. The highest BCUT2D eigenvalue weighted by Crippen LogP contribution is 2.28. The molecule has 0 fully saturated rings. The number of nitrogens with one attached hydrogen (secondary N) is 1. The molecule has 0 saturated heterocycles. The quantitative estimate of drug-likeness (QED) is 0.547. The number of anilines is 1. The lowest BCUT2D eigenvalue weighted by atomic mass is 10.1. The van der Waals surface area contributed by atoms with E-state index in [1.54, 1.807) is 13.3 Å². The second kappa shape index (κ2) is 8.02. The third-order valence-corrected chi connectivity index (χ3v) is 3.29. The molecule has 7 nitrogen and oxygen atoms in total. The third kappa shape index (κ3) is 4.21. The molecule has 2 aromatic rings. The van der Waals surface area contributed by atoms with Crippen molar-refractivity contribution >= 4 is 16.6 Å². The molecule has 0 aliphatic rings. The summed E-state index contributed by atoms with van der Waals surface area (Å²) in [6.45, 7) is 1.02. The normalized spacial score (nSPS) is 10.4. The van der Waals surface area contributed by atoms with Crippen molar-refractivity contribution in [1.29, 1.82) is 0 Å². The molecular weight excluding hydrogens is 286 g/mol. The molecule has 0 aliphatic heterocycles. The van der Waals surface area contributed by atoms with Crippen LogP contribution in [0.1, 0.15) is 19.3 Å². The first kappa shape index (κ1) is 15.8. The highest BCUT2D eigenvalue weighted by Gasteiger charge is 2.06. The molecule has 0 unspecified atom stereocenters. The highest BCUT2D eigenvalue weighted by molar-refractivity contribution is 5.94. The molecule has 118 valence electrons. The van der Waals surface area contributed by atoms with Gasteiger partial charge in [0.25, 0.3) is 0 Å². The van der Waals surface area contributed by atoms with Gasteiger partial charge in [0.2, 0.25) is 0 Å². The van der Waals surface area contributed by atoms with Crippen LogP contribution in [0.5, 0.6) is 5.75 Å². The summed E-state index contributed by atoms with van der Waals surface area (Å²) in [5, 5.41) is 12.2. The molecule has 0 bridgehead atoms. The molecule has 0 saturated carbocycles. The van der Waals surface area contributed by atoms with Crippen molar-refractivity contribution in [2.24, 2.45) is 0 Å². The maximum absolute atomic E-state index is 10.1. The Morgan fingerprint density at radius 2 is 2.14 bits per heavy atom. The summed E-state index contributed by atoms with van der Waals surface area (Å²) in [5.41, 5.74) is 1.85. The fraction of sp³-hybridized carbons (Fsp3) is 0.400. The predicted octanol–water partition coefficient (Wildman–Crippen LogP) is 2.93. The van der Waals surface area contributed by atoms with Gasteiger partial charge in [0.05, 0.1) is 7.11 Å². The Hall–Kier alpha value is -2.57. The Labute approximate surface area is 128 Å². The summed E-state index contributed by atoms with van der Waals surface area (Å²) in [7, 11) is 1.63. The van der Waals surface area contributed by atoms with Gasteiger partial charge in [0, 0.05) is 23.8 Å². The molecule has 0 aliphatic carbocycles. The van der Waals surface area contributed by atoms with Gasteiger partial charge in [0.15, 0.2) is 6.61 Å². The van der Waals surface area contributed by atoms with Crippen LogP contribution in [-0.2, 0) is 4.84 Å². The van der Waals surface area contributed by atoms with Crippen molar-refractivity contribution in [2.45, 2.75) is 19.3 Å². The number of nitrogens with zero attached hydrogens (tertiary/aromatic N) is 2. The monoisotopic (exact) mass is 306 g/mol. The Kier molecular flexibility index (Phi) is 5.76. The molecule has 2 N–H and O–H groups in total. The van der Waals surface area contributed by atoms with Gasteiger partial charge in [-0.15, -0.1) is 0 Å². The predicted molar refractivity (Wildman–Crippen MR) is 82.0 cm³/mol. The molecule has 2 rings (SSSR count). The lowest BCUT2D eigenvalue weighted by molar-refractivity contribution is -0.975. The van der Waals surface area contributed by atoms with Gasteiger partial charge < -0.3 is 10.1 Å². The number of hydrogen-bond acceptors (Lipinski definition) is 5. The molecule has 1 heterocycles. The number of methoxy groups -OCH3 is 1. The van der Waals surface area contributed by atoms with E-state index in [1.165, 1.54) is 0 Å². The van der Waals surface area contributed by atoms with Gasteiger partial charge >= 0.3 is 5.09 Å². The van der Waals surface area contributed by atoms with Crippen LogP contribution in [0.25, 0.3) is 10.9 Å². The summed E-state index contributed by atoms with van der Waals surface area (Å²) >= 11 is 0. The van der Waals surface area contributed by atoms with Crippen LogP contribution in [0.2, 0.25) is 0 Å². The Morgan fingerprint density at radius 1 is 1.27 bits per heavy atom. The maximum Gasteiger partial charge on any atom is 0.475 e. The third-order valence-electron chi connectivity index (χ3n) is 3.29. The fourth-order valence-corrected chi connectivity index (χ4v) is 2.24. The zero-order chi connectivity index (χ0) is 15.8. The molecule has 0 amide bonds. The Bertz CT molecular complexity index is 633. The number of pyridine rings is 1. The van der Waals surface area contributed by atoms with E-state index >= 15 is 0 Å². The number of hydrogen-bond donors (Lipinski definition) is 2. The lowest BCUT2D eigenvalue weighted by Crippen LogP contribution is -2.06. The minimum absolute atomic E-state index is 0.218. The Morgan fingerprint density at radius 3 is 2.91 bits per heavy atom. The van der Waals surface area contributed by atoms with Crippen molar-refractivity contribution in [1.82, 2.24) is 4.98 Å². The fourth-order valence-electron chi connectivity index (χ4n) is 2.24. The van der Waals surface area contributed by atoms with Crippen molar-refractivity contribution < 1.29 is 19.9 Å². The number of para-hydroxylation sites is 1. The topological polar surface area (TPSA) is 83.7 Å². The average molecular weight is 306 g/mol. The molecule has 7 heteroatoms. The second-order valence-corrected chi connectivity index (χ2v) is 4.77. The van der Waals surface area contributed by atoms with Crippen LogP contribution < -0.4 is 10.1 Å².